The minimum Gasteiger partial charge on any atom is -0.435 e. The van der Waals surface area contributed by atoms with Crippen molar-refractivity contribution in [2.24, 2.45) is 5.16 Å². The molecule has 7 nitrogen and oxygen atoms in total. The van der Waals surface area contributed by atoms with Gasteiger partial charge in [-0.15, -0.1) is 0 Å². The predicted molar refractivity (Wildman–Crippen MR) is 86.4 cm³/mol. The molecule has 1 aliphatic heterocycles. The standard InChI is InChI=1S/C15H18F2N2O5S/c1-19(12-6-7-25(21,22)10-12)14(20)9-23-18-8-11-2-4-13(5-3-11)24-15(16)17/h2-5,8,12,15H,6-7,9-10H2,1H3/b18-8+. The number of benzene rings is 1. The molecule has 0 bridgehead atoms. The van der Waals surface area contributed by atoms with Crippen molar-refractivity contribution in [1.82, 2.24) is 4.90 Å². The first-order valence-electron chi connectivity index (χ1n) is 7.43. The second kappa shape index (κ2) is 8.24. The second-order valence-electron chi connectivity index (χ2n) is 5.52. The number of hydrogen-bond acceptors (Lipinski definition) is 6. The molecule has 1 atom stereocenters. The van der Waals surface area contributed by atoms with Gasteiger partial charge in [0.1, 0.15) is 5.75 Å². The maximum Gasteiger partial charge on any atom is 0.387 e. The quantitative estimate of drug-likeness (QED) is 0.529. The van der Waals surface area contributed by atoms with Crippen LogP contribution in [0.1, 0.15) is 12.0 Å². The van der Waals surface area contributed by atoms with Crippen molar-refractivity contribution in [3.8, 4) is 5.75 Å². The van der Waals surface area contributed by atoms with Crippen molar-refractivity contribution < 1.29 is 31.6 Å². The lowest BCUT2D eigenvalue weighted by Crippen LogP contribution is -2.39. The summed E-state index contributed by atoms with van der Waals surface area (Å²) in [4.78, 5) is 18.2. The lowest BCUT2D eigenvalue weighted by atomic mass is 10.2. The van der Waals surface area contributed by atoms with Crippen LogP contribution in [0.2, 0.25) is 0 Å². The zero-order chi connectivity index (χ0) is 18.4. The van der Waals surface area contributed by atoms with Gasteiger partial charge in [0, 0.05) is 13.1 Å². The fourth-order valence-electron chi connectivity index (χ4n) is 2.31. The minimum atomic E-state index is -3.07. The van der Waals surface area contributed by atoms with Gasteiger partial charge in [0.15, 0.2) is 16.4 Å². The van der Waals surface area contributed by atoms with Crippen LogP contribution in [-0.4, -0.2) is 63.3 Å². The van der Waals surface area contributed by atoms with Gasteiger partial charge in [0.05, 0.1) is 17.7 Å². The van der Waals surface area contributed by atoms with Crippen LogP contribution < -0.4 is 4.74 Å². The van der Waals surface area contributed by atoms with Gasteiger partial charge in [-0.3, -0.25) is 4.79 Å². The van der Waals surface area contributed by atoms with E-state index in [0.29, 0.717) is 12.0 Å². The number of sulfone groups is 1. The summed E-state index contributed by atoms with van der Waals surface area (Å²) in [6, 6.07) is 5.37. The molecule has 1 aromatic carbocycles. The number of halogens is 2. The van der Waals surface area contributed by atoms with Gasteiger partial charge >= 0.3 is 6.61 Å². The molecule has 0 spiro atoms. The fourth-order valence-corrected chi connectivity index (χ4v) is 4.09. The third kappa shape index (κ3) is 5.96. The smallest absolute Gasteiger partial charge is 0.387 e. The Morgan fingerprint density at radius 2 is 2.08 bits per heavy atom. The Bertz CT molecular complexity index is 722. The topological polar surface area (TPSA) is 85.3 Å². The average molecular weight is 376 g/mol. The Balaban J connectivity index is 1.77. The van der Waals surface area contributed by atoms with E-state index in [2.05, 4.69) is 9.89 Å². The molecule has 0 N–H and O–H groups in total. The van der Waals surface area contributed by atoms with Crippen molar-refractivity contribution in [2.75, 3.05) is 25.2 Å². The predicted octanol–water partition coefficient (Wildman–Crippen LogP) is 1.28. The number of nitrogens with zero attached hydrogens (tertiary/aromatic N) is 2. The van der Waals surface area contributed by atoms with E-state index < -0.39 is 16.4 Å². The van der Waals surface area contributed by atoms with Crippen LogP contribution in [0.5, 0.6) is 5.75 Å². The molecule has 2 rings (SSSR count). The number of carbonyl (C=O) groups is 1. The molecular weight excluding hydrogens is 358 g/mol. The molecule has 1 aromatic rings. The first kappa shape index (κ1) is 19.1. The van der Waals surface area contributed by atoms with Gasteiger partial charge in [-0.2, -0.15) is 8.78 Å². The van der Waals surface area contributed by atoms with Crippen LogP contribution >= 0.6 is 0 Å². The number of alkyl halides is 2. The van der Waals surface area contributed by atoms with Crippen LogP contribution in [-0.2, 0) is 19.5 Å². The minimum absolute atomic E-state index is 0.0244. The van der Waals surface area contributed by atoms with Crippen molar-refractivity contribution in [3.05, 3.63) is 29.8 Å². The van der Waals surface area contributed by atoms with E-state index in [1.54, 1.807) is 0 Å². The summed E-state index contributed by atoms with van der Waals surface area (Å²) in [5, 5.41) is 3.63. The molecule has 10 heteroatoms. The molecule has 0 aromatic heterocycles. The lowest BCUT2D eigenvalue weighted by Gasteiger charge is -2.22. The summed E-state index contributed by atoms with van der Waals surface area (Å²) in [6.45, 7) is -3.21. The fraction of sp³-hybridized carbons (Fsp3) is 0.467. The maximum atomic E-state index is 12.0. The highest BCUT2D eigenvalue weighted by molar-refractivity contribution is 7.91. The normalized spacial score (nSPS) is 19.3. The Hall–Kier alpha value is -2.23. The molecule has 0 radical (unpaired) electrons. The van der Waals surface area contributed by atoms with E-state index in [4.69, 9.17) is 4.84 Å². The number of hydrogen-bond donors (Lipinski definition) is 0. The van der Waals surface area contributed by atoms with Crippen molar-refractivity contribution in [1.29, 1.82) is 0 Å². The molecule has 1 heterocycles. The van der Waals surface area contributed by atoms with Crippen molar-refractivity contribution in [3.63, 3.8) is 0 Å². The van der Waals surface area contributed by atoms with Gasteiger partial charge in [0.25, 0.3) is 5.91 Å². The van der Waals surface area contributed by atoms with Crippen LogP contribution in [0.15, 0.2) is 29.4 Å². The zero-order valence-corrected chi connectivity index (χ0v) is 14.3. The third-order valence-electron chi connectivity index (χ3n) is 3.72. The van der Waals surface area contributed by atoms with Crippen LogP contribution in [0, 0.1) is 0 Å². The van der Waals surface area contributed by atoms with Crippen molar-refractivity contribution in [2.45, 2.75) is 19.1 Å². The van der Waals surface area contributed by atoms with E-state index in [-0.39, 0.29) is 35.8 Å². The van der Waals surface area contributed by atoms with E-state index in [1.807, 2.05) is 0 Å². The number of likely N-dealkylation sites (N-methyl/N-ethyl adjacent to an activating group) is 1. The first-order valence-corrected chi connectivity index (χ1v) is 9.25. The number of carbonyl (C=O) groups excluding carboxylic acids is 1. The van der Waals surface area contributed by atoms with Crippen LogP contribution in [0.3, 0.4) is 0 Å². The number of oxime groups is 1. The lowest BCUT2D eigenvalue weighted by molar-refractivity contribution is -0.136. The highest BCUT2D eigenvalue weighted by Gasteiger charge is 2.32. The third-order valence-corrected chi connectivity index (χ3v) is 5.47. The molecule has 0 aliphatic carbocycles. The Morgan fingerprint density at radius 1 is 1.40 bits per heavy atom. The van der Waals surface area contributed by atoms with Gasteiger partial charge in [-0.1, -0.05) is 5.16 Å². The first-order chi connectivity index (χ1) is 11.8. The van der Waals surface area contributed by atoms with E-state index in [0.717, 1.165) is 0 Å². The summed E-state index contributed by atoms with van der Waals surface area (Å²) < 4.78 is 51.1. The summed E-state index contributed by atoms with van der Waals surface area (Å²) >= 11 is 0. The SMILES string of the molecule is CN(C(=O)CO/N=C/c1ccc(OC(F)F)cc1)C1CCS(=O)(=O)C1. The summed E-state index contributed by atoms with van der Waals surface area (Å²) in [7, 11) is -1.54. The number of amides is 1. The zero-order valence-electron chi connectivity index (χ0n) is 13.5. The summed E-state index contributed by atoms with van der Waals surface area (Å²) in [5.41, 5.74) is 0.573. The molecule has 1 amide bonds. The number of rotatable bonds is 7. The van der Waals surface area contributed by atoms with Gasteiger partial charge in [-0.05, 0) is 36.2 Å². The van der Waals surface area contributed by atoms with Crippen LogP contribution in [0.25, 0.3) is 0 Å². The van der Waals surface area contributed by atoms with E-state index in [9.17, 15) is 22.0 Å². The molecule has 1 saturated heterocycles. The summed E-state index contributed by atoms with van der Waals surface area (Å²) in [5.74, 6) is -0.304. The molecular formula is C15H18F2N2O5S. The molecule has 1 unspecified atom stereocenters. The van der Waals surface area contributed by atoms with Crippen LogP contribution in [0.4, 0.5) is 8.78 Å². The monoisotopic (exact) mass is 376 g/mol. The molecule has 1 aliphatic rings. The van der Waals surface area contributed by atoms with Gasteiger partial charge in [0.2, 0.25) is 0 Å². The van der Waals surface area contributed by atoms with E-state index in [1.165, 1.54) is 42.4 Å². The molecule has 0 saturated carbocycles. The Morgan fingerprint density at radius 3 is 2.64 bits per heavy atom. The Kier molecular flexibility index (Phi) is 6.29. The summed E-state index contributed by atoms with van der Waals surface area (Å²) in [6.07, 6.45) is 1.74. The van der Waals surface area contributed by atoms with Gasteiger partial charge in [-0.25, -0.2) is 8.42 Å². The molecule has 138 valence electrons. The molecule has 25 heavy (non-hydrogen) atoms. The Labute approximate surface area is 144 Å². The molecule has 1 fully saturated rings. The average Bonchev–Trinajstić information content (AvgIpc) is 2.91. The highest BCUT2D eigenvalue weighted by atomic mass is 32.2. The van der Waals surface area contributed by atoms with Crippen molar-refractivity contribution >= 4 is 22.0 Å². The highest BCUT2D eigenvalue weighted by Crippen LogP contribution is 2.16. The second-order valence-corrected chi connectivity index (χ2v) is 7.75. The van der Waals surface area contributed by atoms with E-state index >= 15 is 0 Å². The maximum absolute atomic E-state index is 12.0. The number of ether oxygens (including phenoxy) is 1. The van der Waals surface area contributed by atoms with Gasteiger partial charge < -0.3 is 14.5 Å². The largest absolute Gasteiger partial charge is 0.435 e.